The summed E-state index contributed by atoms with van der Waals surface area (Å²) in [6.07, 6.45) is 0. The van der Waals surface area contributed by atoms with Gasteiger partial charge in [-0.3, -0.25) is 0 Å². The number of rotatable bonds is 4. The fourth-order valence-electron chi connectivity index (χ4n) is 0.875. The summed E-state index contributed by atoms with van der Waals surface area (Å²) in [4.78, 5) is 11.2. The molecule has 0 fully saturated rings. The molecule has 13 heavy (non-hydrogen) atoms. The van der Waals surface area contributed by atoms with E-state index in [1.54, 1.807) is 31.4 Å². The first-order chi connectivity index (χ1) is 6.34. The van der Waals surface area contributed by atoms with Gasteiger partial charge in [0.1, 0.15) is 6.61 Å². The van der Waals surface area contributed by atoms with Gasteiger partial charge in [-0.15, -0.1) is 0 Å². The topological polar surface area (TPSA) is 35.5 Å². The predicted molar refractivity (Wildman–Crippen MR) is 48.6 cm³/mol. The van der Waals surface area contributed by atoms with Crippen molar-refractivity contribution < 1.29 is 14.3 Å². The van der Waals surface area contributed by atoms with Crippen LogP contribution in [0.5, 0.6) is 0 Å². The molecule has 0 saturated carbocycles. The lowest BCUT2D eigenvalue weighted by molar-refractivity contribution is 0.0388. The van der Waals surface area contributed by atoms with E-state index < -0.39 is 0 Å². The van der Waals surface area contributed by atoms with Gasteiger partial charge in [-0.05, 0) is 12.1 Å². The average molecular weight is 180 g/mol. The van der Waals surface area contributed by atoms with Gasteiger partial charge in [0.05, 0.1) is 12.2 Å². The molecule has 0 aliphatic heterocycles. The Kier molecular flexibility index (Phi) is 3.99. The number of methoxy groups -OCH3 is 1. The number of esters is 1. The summed E-state index contributed by atoms with van der Waals surface area (Å²) >= 11 is 0. The monoisotopic (exact) mass is 180 g/mol. The van der Waals surface area contributed by atoms with Gasteiger partial charge in [-0.2, -0.15) is 0 Å². The normalized spacial score (nSPS) is 9.62. The third kappa shape index (κ3) is 3.25. The highest BCUT2D eigenvalue weighted by molar-refractivity contribution is 5.89. The van der Waals surface area contributed by atoms with E-state index in [2.05, 4.69) is 0 Å². The molecule has 0 spiro atoms. The van der Waals surface area contributed by atoms with Crippen molar-refractivity contribution in [1.82, 2.24) is 0 Å². The van der Waals surface area contributed by atoms with Crippen molar-refractivity contribution in [3.63, 3.8) is 0 Å². The van der Waals surface area contributed by atoms with Gasteiger partial charge in [-0.25, -0.2) is 4.79 Å². The van der Waals surface area contributed by atoms with E-state index in [1.807, 2.05) is 6.07 Å². The van der Waals surface area contributed by atoms with Gasteiger partial charge >= 0.3 is 5.97 Å². The molecule has 1 aromatic carbocycles. The molecule has 0 N–H and O–H groups in total. The molecule has 70 valence electrons. The largest absolute Gasteiger partial charge is 0.460 e. The van der Waals surface area contributed by atoms with Crippen molar-refractivity contribution in [2.24, 2.45) is 0 Å². The Morgan fingerprint density at radius 1 is 1.23 bits per heavy atom. The number of carbonyl (C=O) groups excluding carboxylic acids is 1. The Morgan fingerprint density at radius 2 is 1.92 bits per heavy atom. The number of carbonyl (C=O) groups is 1. The Morgan fingerprint density at radius 3 is 2.54 bits per heavy atom. The van der Waals surface area contributed by atoms with Crippen LogP contribution in [0, 0.1) is 0 Å². The zero-order valence-electron chi connectivity index (χ0n) is 7.53. The summed E-state index contributed by atoms with van der Waals surface area (Å²) < 4.78 is 9.66. The zero-order chi connectivity index (χ0) is 9.52. The first-order valence-corrected chi connectivity index (χ1v) is 4.05. The maximum absolute atomic E-state index is 11.2. The van der Waals surface area contributed by atoms with Crippen LogP contribution in [-0.2, 0) is 9.47 Å². The Balaban J connectivity index is 2.40. The fraction of sp³-hybridized carbons (Fsp3) is 0.300. The van der Waals surface area contributed by atoms with Gasteiger partial charge in [-0.1, -0.05) is 18.2 Å². The minimum Gasteiger partial charge on any atom is -0.460 e. The lowest BCUT2D eigenvalue weighted by atomic mass is 10.2. The molecule has 0 radical (unpaired) electrons. The maximum atomic E-state index is 11.2. The van der Waals surface area contributed by atoms with E-state index in [0.717, 1.165) is 0 Å². The molecule has 0 atom stereocenters. The summed E-state index contributed by atoms with van der Waals surface area (Å²) in [5.41, 5.74) is 0.568. The maximum Gasteiger partial charge on any atom is 0.338 e. The zero-order valence-corrected chi connectivity index (χ0v) is 7.53. The molecule has 0 heterocycles. The smallest absolute Gasteiger partial charge is 0.338 e. The summed E-state index contributed by atoms with van der Waals surface area (Å²) in [5, 5.41) is 0. The summed E-state index contributed by atoms with van der Waals surface area (Å²) in [7, 11) is 1.57. The fourth-order valence-corrected chi connectivity index (χ4v) is 0.875. The molecular weight excluding hydrogens is 168 g/mol. The highest BCUT2D eigenvalue weighted by atomic mass is 16.6. The van der Waals surface area contributed by atoms with Gasteiger partial charge in [0.25, 0.3) is 0 Å². The second kappa shape index (κ2) is 5.32. The molecule has 1 rings (SSSR count). The van der Waals surface area contributed by atoms with Gasteiger partial charge < -0.3 is 9.47 Å². The minimum absolute atomic E-state index is 0.296. The number of hydrogen-bond donors (Lipinski definition) is 0. The van der Waals surface area contributed by atoms with Gasteiger partial charge in [0.15, 0.2) is 0 Å². The molecule has 3 heteroatoms. The van der Waals surface area contributed by atoms with Crippen LogP contribution in [0.15, 0.2) is 30.3 Å². The second-order valence-electron chi connectivity index (χ2n) is 2.49. The molecule has 0 saturated heterocycles. The molecular formula is C10H12O3. The molecule has 3 nitrogen and oxygen atoms in total. The van der Waals surface area contributed by atoms with Crippen LogP contribution in [-0.4, -0.2) is 26.3 Å². The highest BCUT2D eigenvalue weighted by Crippen LogP contribution is 2.00. The molecule has 0 aliphatic carbocycles. The van der Waals surface area contributed by atoms with Crippen LogP contribution in [0.3, 0.4) is 0 Å². The Hall–Kier alpha value is -1.35. The molecule has 0 unspecified atom stereocenters. The number of benzene rings is 1. The van der Waals surface area contributed by atoms with Crippen LogP contribution >= 0.6 is 0 Å². The van der Waals surface area contributed by atoms with E-state index in [1.165, 1.54) is 0 Å². The van der Waals surface area contributed by atoms with Crippen LogP contribution in [0.1, 0.15) is 10.4 Å². The van der Waals surface area contributed by atoms with E-state index in [0.29, 0.717) is 18.8 Å². The molecule has 0 aliphatic rings. The van der Waals surface area contributed by atoms with Crippen LogP contribution in [0.2, 0.25) is 0 Å². The van der Waals surface area contributed by atoms with Crippen molar-refractivity contribution in [1.29, 1.82) is 0 Å². The lowest BCUT2D eigenvalue weighted by Gasteiger charge is -2.02. The summed E-state index contributed by atoms with van der Waals surface area (Å²) in [6, 6.07) is 8.88. The average Bonchev–Trinajstić information content (AvgIpc) is 2.19. The van der Waals surface area contributed by atoms with E-state index in [4.69, 9.17) is 9.47 Å². The van der Waals surface area contributed by atoms with Crippen molar-refractivity contribution in [2.75, 3.05) is 20.3 Å². The molecule has 0 amide bonds. The number of hydrogen-bond acceptors (Lipinski definition) is 3. The standard InChI is InChI=1S/C10H12O3/c1-12-7-8-13-10(11)9-5-3-2-4-6-9/h2-6H,7-8H2,1H3. The van der Waals surface area contributed by atoms with E-state index in [-0.39, 0.29) is 5.97 Å². The van der Waals surface area contributed by atoms with Crippen LogP contribution in [0.4, 0.5) is 0 Å². The third-order valence-corrected chi connectivity index (χ3v) is 1.53. The molecule has 0 aromatic heterocycles. The first kappa shape index (κ1) is 9.74. The van der Waals surface area contributed by atoms with E-state index >= 15 is 0 Å². The van der Waals surface area contributed by atoms with Crippen molar-refractivity contribution >= 4 is 5.97 Å². The third-order valence-electron chi connectivity index (χ3n) is 1.53. The minimum atomic E-state index is -0.308. The SMILES string of the molecule is COCCOC(=O)c1ccccc1. The molecule has 0 bridgehead atoms. The highest BCUT2D eigenvalue weighted by Gasteiger charge is 2.04. The summed E-state index contributed by atoms with van der Waals surface area (Å²) in [6.45, 7) is 0.725. The lowest BCUT2D eigenvalue weighted by Crippen LogP contribution is -2.09. The van der Waals surface area contributed by atoms with Crippen LogP contribution < -0.4 is 0 Å². The quantitative estimate of drug-likeness (QED) is 0.520. The van der Waals surface area contributed by atoms with Gasteiger partial charge in [0, 0.05) is 7.11 Å². The van der Waals surface area contributed by atoms with Gasteiger partial charge in [0.2, 0.25) is 0 Å². The first-order valence-electron chi connectivity index (χ1n) is 4.05. The van der Waals surface area contributed by atoms with Crippen LogP contribution in [0.25, 0.3) is 0 Å². The predicted octanol–water partition coefficient (Wildman–Crippen LogP) is 1.49. The van der Waals surface area contributed by atoms with Crippen molar-refractivity contribution in [3.05, 3.63) is 35.9 Å². The van der Waals surface area contributed by atoms with E-state index in [9.17, 15) is 4.79 Å². The number of ether oxygens (including phenoxy) is 2. The van der Waals surface area contributed by atoms with Crippen molar-refractivity contribution in [2.45, 2.75) is 0 Å². The Labute approximate surface area is 77.3 Å². The van der Waals surface area contributed by atoms with Crippen molar-refractivity contribution in [3.8, 4) is 0 Å². The Bertz CT molecular complexity index is 256. The molecule has 1 aromatic rings. The summed E-state index contributed by atoms with van der Waals surface area (Å²) in [5.74, 6) is -0.308. The second-order valence-corrected chi connectivity index (χ2v) is 2.49.